The maximum Gasteiger partial charge on any atom is 0.369 e. The molecule has 26 heavy (non-hydrogen) atoms. The second-order valence-electron chi connectivity index (χ2n) is 8.12. The molecule has 156 valence electrons. The first kappa shape index (κ1) is 26.2. The molecule has 0 aliphatic carbocycles. The van der Waals surface area contributed by atoms with E-state index in [2.05, 4.69) is 15.9 Å². The van der Waals surface area contributed by atoms with Gasteiger partial charge in [-0.1, -0.05) is 27.7 Å². The Morgan fingerprint density at radius 1 is 1.00 bits per heavy atom. The molecule has 6 nitrogen and oxygen atoms in total. The lowest BCUT2D eigenvalue weighted by molar-refractivity contribution is -0.334. The van der Waals surface area contributed by atoms with E-state index in [9.17, 15) is 28.9 Å². The number of hydrogen-bond donors (Lipinski definition) is 3. The van der Waals surface area contributed by atoms with Crippen LogP contribution in [-0.2, 0) is 13.6 Å². The molecule has 0 saturated carbocycles. The van der Waals surface area contributed by atoms with Crippen LogP contribution in [0.25, 0.3) is 0 Å². The van der Waals surface area contributed by atoms with Gasteiger partial charge in [-0.2, -0.15) is 8.78 Å². The van der Waals surface area contributed by atoms with Gasteiger partial charge in [-0.15, -0.1) is 0 Å². The van der Waals surface area contributed by atoms with Crippen molar-refractivity contribution in [1.29, 1.82) is 0 Å². The number of carbonyl (C=O) groups excluding carboxylic acids is 1. The molecule has 0 aliphatic rings. The average molecular weight is 481 g/mol. The van der Waals surface area contributed by atoms with E-state index >= 15 is 0 Å². The quantitative estimate of drug-likeness (QED) is 0.252. The number of alkyl halides is 2. The highest BCUT2D eigenvalue weighted by Gasteiger charge is 2.66. The van der Waals surface area contributed by atoms with Crippen LogP contribution in [-0.4, -0.2) is 60.8 Å². The van der Waals surface area contributed by atoms with Crippen molar-refractivity contribution in [2.24, 2.45) is 0 Å². The van der Waals surface area contributed by atoms with E-state index in [4.69, 9.17) is 8.85 Å². The van der Waals surface area contributed by atoms with Crippen molar-refractivity contribution >= 4 is 37.3 Å². The van der Waals surface area contributed by atoms with E-state index in [0.29, 0.717) is 0 Å². The van der Waals surface area contributed by atoms with E-state index in [-0.39, 0.29) is 11.1 Å². The summed E-state index contributed by atoms with van der Waals surface area (Å²) in [5, 5.41) is 31.2. The largest absolute Gasteiger partial charge is 0.391 e. The Morgan fingerprint density at radius 2 is 1.38 bits per heavy atom. The van der Waals surface area contributed by atoms with E-state index in [1.807, 2.05) is 13.8 Å². The summed E-state index contributed by atoms with van der Waals surface area (Å²) in [7, 11) is -5.54. The third-order valence-corrected chi connectivity index (χ3v) is 12.7. The van der Waals surface area contributed by atoms with E-state index in [1.165, 1.54) is 0 Å². The fourth-order valence-corrected chi connectivity index (χ4v) is 4.27. The molecule has 0 aromatic rings. The van der Waals surface area contributed by atoms with Crippen LogP contribution in [0.1, 0.15) is 27.7 Å². The Morgan fingerprint density at radius 3 is 1.69 bits per heavy atom. The van der Waals surface area contributed by atoms with E-state index < -0.39 is 45.4 Å². The van der Waals surface area contributed by atoms with Crippen LogP contribution in [0.3, 0.4) is 0 Å². The molecule has 0 rings (SSSR count). The van der Waals surface area contributed by atoms with Crippen LogP contribution >= 0.6 is 15.9 Å². The van der Waals surface area contributed by atoms with Crippen LogP contribution in [0.4, 0.5) is 8.78 Å². The Kier molecular flexibility index (Phi) is 8.80. The van der Waals surface area contributed by atoms with Crippen LogP contribution < -0.4 is 0 Å². The van der Waals surface area contributed by atoms with Crippen molar-refractivity contribution in [3.05, 3.63) is 0 Å². The Hall–Kier alpha value is 0.244. The molecule has 0 fully saturated rings. The van der Waals surface area contributed by atoms with Gasteiger partial charge in [0.25, 0.3) is 10.5 Å². The first-order chi connectivity index (χ1) is 11.3. The van der Waals surface area contributed by atoms with Crippen molar-refractivity contribution < 1.29 is 37.7 Å². The highest BCUT2D eigenvalue weighted by atomic mass is 79.9. The zero-order valence-corrected chi connectivity index (χ0v) is 20.1. The summed E-state index contributed by atoms with van der Waals surface area (Å²) >= 11 is 2.14. The molecule has 0 bridgehead atoms. The molecule has 3 atom stereocenters. The van der Waals surface area contributed by atoms with Crippen LogP contribution in [0.15, 0.2) is 0 Å². The lowest BCUT2D eigenvalue weighted by Crippen LogP contribution is -2.68. The second kappa shape index (κ2) is 8.72. The number of halogens is 3. The molecule has 0 amide bonds. The van der Waals surface area contributed by atoms with Gasteiger partial charge in [0.05, 0.1) is 0 Å². The molecule has 1 unspecified atom stereocenters. The van der Waals surface area contributed by atoms with E-state index in [0.717, 1.165) is 0 Å². The molecule has 0 aromatic heterocycles. The van der Waals surface area contributed by atoms with Gasteiger partial charge in [0.1, 0.15) is 0 Å². The van der Waals surface area contributed by atoms with Gasteiger partial charge < -0.3 is 24.2 Å². The first-order valence-corrected chi connectivity index (χ1v) is 15.1. The highest BCUT2D eigenvalue weighted by Crippen LogP contribution is 2.41. The molecular formula is C15H31BrF2O6Si2. The highest BCUT2D eigenvalue weighted by molar-refractivity contribution is 9.18. The molecule has 0 spiro atoms. The number of hydrogen-bond acceptors (Lipinski definition) is 6. The van der Waals surface area contributed by atoms with Crippen LogP contribution in [0.5, 0.6) is 0 Å². The maximum absolute atomic E-state index is 14.5. The average Bonchev–Trinajstić information content (AvgIpc) is 2.44. The molecule has 11 heteroatoms. The van der Waals surface area contributed by atoms with Gasteiger partial charge in [-0.05, 0) is 53.2 Å². The number of aliphatic hydroxyl groups excluding tert-OH is 2. The minimum atomic E-state index is -4.51. The first-order valence-electron chi connectivity index (χ1n) is 8.37. The Balaban J connectivity index is 5.98. The fraction of sp³-hybridized carbons (Fsp3) is 0.933. The van der Waals surface area contributed by atoms with Crippen LogP contribution in [0.2, 0.25) is 37.3 Å². The minimum Gasteiger partial charge on any atom is -0.391 e. The number of rotatable bonds is 10. The third-order valence-electron chi connectivity index (χ3n) is 4.99. The Bertz CT molecular complexity index is 505. The lowest BCUT2D eigenvalue weighted by Gasteiger charge is -2.45. The number of carbonyl (C=O) groups is 1. The molecule has 0 aliphatic heterocycles. The zero-order valence-electron chi connectivity index (χ0n) is 16.5. The fourth-order valence-electron chi connectivity index (χ4n) is 1.67. The summed E-state index contributed by atoms with van der Waals surface area (Å²) in [6.45, 7) is 13.7. The topological polar surface area (TPSA) is 96.2 Å². The second-order valence-corrected chi connectivity index (χ2v) is 18.0. The van der Waals surface area contributed by atoms with Gasteiger partial charge in [-0.3, -0.25) is 4.79 Å². The summed E-state index contributed by atoms with van der Waals surface area (Å²) in [4.78, 5) is 11.4. The standard InChI is InChI=1S/C15H31BrF2O6Si2/c1-9(2)25(5,6)23-12(20)11(19)15(22,14(17,18)13(16)21)24-26(7,8)10(3)4/h9-12,19-20,22H,1-8H3/t11-,12?,15+/m1/s1. The van der Waals surface area contributed by atoms with Crippen molar-refractivity contribution in [3.63, 3.8) is 0 Å². The number of aliphatic hydroxyl groups is 3. The smallest absolute Gasteiger partial charge is 0.369 e. The van der Waals surface area contributed by atoms with E-state index in [1.54, 1.807) is 40.0 Å². The zero-order chi connectivity index (χ0) is 21.3. The molecule has 0 heterocycles. The van der Waals surface area contributed by atoms with Crippen molar-refractivity contribution in [1.82, 2.24) is 0 Å². The van der Waals surface area contributed by atoms with Gasteiger partial charge in [0.15, 0.2) is 29.0 Å². The van der Waals surface area contributed by atoms with Crippen molar-refractivity contribution in [2.45, 2.75) is 89.1 Å². The summed E-state index contributed by atoms with van der Waals surface area (Å²) in [6.07, 6.45) is -4.71. The third kappa shape index (κ3) is 5.63. The van der Waals surface area contributed by atoms with Gasteiger partial charge >= 0.3 is 5.92 Å². The minimum absolute atomic E-state index is 0.00171. The Labute approximate surface area is 164 Å². The maximum atomic E-state index is 14.5. The summed E-state index contributed by atoms with van der Waals surface area (Å²) in [6, 6.07) is 0. The molecule has 0 aromatic carbocycles. The normalized spacial score (nSPS) is 18.8. The van der Waals surface area contributed by atoms with Crippen molar-refractivity contribution in [2.75, 3.05) is 0 Å². The summed E-state index contributed by atoms with van der Waals surface area (Å²) in [5.74, 6) is -8.16. The summed E-state index contributed by atoms with van der Waals surface area (Å²) < 4.78 is 37.9. The van der Waals surface area contributed by atoms with Crippen LogP contribution in [0, 0.1) is 0 Å². The van der Waals surface area contributed by atoms with Crippen molar-refractivity contribution in [3.8, 4) is 0 Å². The summed E-state index contributed by atoms with van der Waals surface area (Å²) in [5.41, 5.74) is -0.222. The predicted octanol–water partition coefficient (Wildman–Crippen LogP) is 3.17. The lowest BCUT2D eigenvalue weighted by atomic mass is 10.0. The predicted molar refractivity (Wildman–Crippen MR) is 103 cm³/mol. The van der Waals surface area contributed by atoms with Gasteiger partial charge in [0, 0.05) is 0 Å². The molecule has 3 N–H and O–H groups in total. The SMILES string of the molecule is CC(C)[Si](C)(C)OC(O)[C@@H](O)[C@](O)(O[Si](C)(C)C(C)C)C(F)(F)C(=O)Br. The van der Waals surface area contributed by atoms with Gasteiger partial charge in [0.2, 0.25) is 0 Å². The molecular weight excluding hydrogens is 450 g/mol. The van der Waals surface area contributed by atoms with Gasteiger partial charge in [-0.25, -0.2) is 0 Å². The molecule has 0 radical (unpaired) electrons. The monoisotopic (exact) mass is 480 g/mol. The molecule has 0 saturated heterocycles.